The molecule has 0 aliphatic heterocycles. The van der Waals surface area contributed by atoms with Gasteiger partial charge in [0.15, 0.2) is 0 Å². The molecule has 1 aromatic carbocycles. The van der Waals surface area contributed by atoms with Gasteiger partial charge in [0.05, 0.1) is 4.92 Å². The minimum absolute atomic E-state index is 0.0355. The molecule has 0 bridgehead atoms. The van der Waals surface area contributed by atoms with Crippen molar-refractivity contribution < 1.29 is 9.72 Å². The molecule has 1 fully saturated rings. The predicted octanol–water partition coefficient (Wildman–Crippen LogP) is 2.68. The fourth-order valence-electron chi connectivity index (χ4n) is 2.48. The Hall–Kier alpha value is -1.76. The minimum atomic E-state index is -0.440. The Labute approximate surface area is 127 Å². The van der Waals surface area contributed by atoms with Crippen LogP contribution in [0, 0.1) is 10.1 Å². The number of rotatable bonds is 5. The van der Waals surface area contributed by atoms with E-state index in [-0.39, 0.29) is 24.3 Å². The lowest BCUT2D eigenvalue weighted by atomic mass is 10.2. The second kappa shape index (κ2) is 7.31. The second-order valence-corrected chi connectivity index (χ2v) is 6.26. The predicted molar refractivity (Wildman–Crippen MR) is 83.4 cm³/mol. The van der Waals surface area contributed by atoms with Gasteiger partial charge in [0.25, 0.3) is 5.69 Å². The van der Waals surface area contributed by atoms with E-state index in [0.717, 1.165) is 19.3 Å². The molecule has 1 saturated carbocycles. The van der Waals surface area contributed by atoms with Gasteiger partial charge in [-0.05, 0) is 31.1 Å². The number of nitrogens with one attached hydrogen (secondary N) is 2. The highest BCUT2D eigenvalue weighted by Gasteiger charge is 2.24. The molecule has 2 atom stereocenters. The summed E-state index contributed by atoms with van der Waals surface area (Å²) in [6.45, 7) is 0.284. The van der Waals surface area contributed by atoms with Gasteiger partial charge >= 0.3 is 6.03 Å². The summed E-state index contributed by atoms with van der Waals surface area (Å²) in [6, 6.07) is 6.30. The van der Waals surface area contributed by atoms with Crippen LogP contribution in [0.3, 0.4) is 0 Å². The number of carbonyl (C=O) groups excluding carboxylic acids is 1. The zero-order valence-electron chi connectivity index (χ0n) is 11.9. The van der Waals surface area contributed by atoms with Crippen molar-refractivity contribution in [3.63, 3.8) is 0 Å². The fraction of sp³-hybridized carbons (Fsp3) is 0.500. The van der Waals surface area contributed by atoms with Gasteiger partial charge < -0.3 is 10.6 Å². The second-order valence-electron chi connectivity index (χ2n) is 5.12. The Morgan fingerprint density at radius 2 is 2.29 bits per heavy atom. The summed E-state index contributed by atoms with van der Waals surface area (Å²) in [5.74, 6) is 0. The third kappa shape index (κ3) is 4.63. The zero-order valence-corrected chi connectivity index (χ0v) is 12.7. The van der Waals surface area contributed by atoms with E-state index in [2.05, 4.69) is 16.9 Å². The maximum absolute atomic E-state index is 11.8. The van der Waals surface area contributed by atoms with Crippen LogP contribution in [0.5, 0.6) is 0 Å². The van der Waals surface area contributed by atoms with Crippen LogP contribution < -0.4 is 10.6 Å². The fourth-order valence-corrected chi connectivity index (χ4v) is 3.28. The summed E-state index contributed by atoms with van der Waals surface area (Å²) in [6.07, 6.45) is 5.24. The van der Waals surface area contributed by atoms with Gasteiger partial charge in [0.2, 0.25) is 0 Å². The monoisotopic (exact) mass is 309 g/mol. The first-order valence-electron chi connectivity index (χ1n) is 6.89. The summed E-state index contributed by atoms with van der Waals surface area (Å²) in [5, 5.41) is 17.0. The summed E-state index contributed by atoms with van der Waals surface area (Å²) in [4.78, 5) is 22.1. The normalized spacial score (nSPS) is 21.0. The Bertz CT molecular complexity index is 524. The van der Waals surface area contributed by atoms with Crippen molar-refractivity contribution in [3.05, 3.63) is 39.9 Å². The highest BCUT2D eigenvalue weighted by Crippen LogP contribution is 2.27. The molecule has 7 heteroatoms. The maximum Gasteiger partial charge on any atom is 0.315 e. The number of thioether (sulfide) groups is 1. The molecule has 6 nitrogen and oxygen atoms in total. The van der Waals surface area contributed by atoms with Crippen LogP contribution in [0.15, 0.2) is 24.3 Å². The van der Waals surface area contributed by atoms with Crippen LogP contribution >= 0.6 is 11.8 Å². The van der Waals surface area contributed by atoms with Gasteiger partial charge in [0.1, 0.15) is 0 Å². The van der Waals surface area contributed by atoms with Crippen molar-refractivity contribution in [2.24, 2.45) is 0 Å². The van der Waals surface area contributed by atoms with Crippen molar-refractivity contribution in [2.75, 3.05) is 6.26 Å². The highest BCUT2D eigenvalue weighted by molar-refractivity contribution is 7.99. The Balaban J connectivity index is 1.79. The number of amides is 2. The average molecular weight is 309 g/mol. The number of hydrogen-bond acceptors (Lipinski definition) is 4. The first-order valence-corrected chi connectivity index (χ1v) is 8.17. The van der Waals surface area contributed by atoms with Gasteiger partial charge in [-0.1, -0.05) is 12.1 Å². The first-order chi connectivity index (χ1) is 10.1. The van der Waals surface area contributed by atoms with Crippen LogP contribution in [0.4, 0.5) is 10.5 Å². The van der Waals surface area contributed by atoms with Crippen molar-refractivity contribution in [1.82, 2.24) is 10.6 Å². The van der Waals surface area contributed by atoms with Crippen LogP contribution in [-0.4, -0.2) is 28.5 Å². The molecule has 1 aromatic rings. The summed E-state index contributed by atoms with van der Waals surface area (Å²) in [5.41, 5.74) is 0.751. The molecular weight excluding hydrogens is 290 g/mol. The van der Waals surface area contributed by atoms with E-state index in [4.69, 9.17) is 0 Å². The van der Waals surface area contributed by atoms with Crippen LogP contribution in [0.1, 0.15) is 24.8 Å². The Kier molecular flexibility index (Phi) is 5.44. The van der Waals surface area contributed by atoms with E-state index in [0.29, 0.717) is 10.8 Å². The molecule has 0 spiro atoms. The van der Waals surface area contributed by atoms with Gasteiger partial charge in [0, 0.05) is 30.0 Å². The molecular formula is C14H19N3O3S. The molecule has 2 rings (SSSR count). The molecule has 114 valence electrons. The lowest BCUT2D eigenvalue weighted by Crippen LogP contribution is -2.40. The SMILES string of the molecule is CS[C@@H]1CC[C@@H](NC(=O)NCc2cccc([N+](=O)[O-])c2)C1. The standard InChI is InChI=1S/C14H19N3O3S/c1-21-13-6-5-11(8-13)16-14(18)15-9-10-3-2-4-12(7-10)17(19)20/h2-4,7,11,13H,5-6,8-9H2,1H3,(H2,15,16,18)/t11-,13-/m1/s1. The molecule has 0 heterocycles. The number of nitro groups is 1. The van der Waals surface area contributed by atoms with Gasteiger partial charge in [-0.15, -0.1) is 0 Å². The average Bonchev–Trinajstić information content (AvgIpc) is 2.93. The number of carbonyl (C=O) groups is 1. The number of nitro benzene ring substituents is 1. The first kappa shape index (κ1) is 15.6. The number of non-ortho nitro benzene ring substituents is 1. The van der Waals surface area contributed by atoms with Gasteiger partial charge in [-0.3, -0.25) is 10.1 Å². The van der Waals surface area contributed by atoms with E-state index in [1.54, 1.807) is 12.1 Å². The maximum atomic E-state index is 11.8. The summed E-state index contributed by atoms with van der Waals surface area (Å²) < 4.78 is 0. The molecule has 21 heavy (non-hydrogen) atoms. The molecule has 0 aromatic heterocycles. The topological polar surface area (TPSA) is 84.3 Å². The number of nitrogens with zero attached hydrogens (tertiary/aromatic N) is 1. The van der Waals surface area contributed by atoms with Crippen molar-refractivity contribution in [1.29, 1.82) is 0 Å². The Morgan fingerprint density at radius 1 is 1.48 bits per heavy atom. The number of benzene rings is 1. The quantitative estimate of drug-likeness (QED) is 0.647. The van der Waals surface area contributed by atoms with Crippen LogP contribution in [0.2, 0.25) is 0 Å². The van der Waals surface area contributed by atoms with Gasteiger partial charge in [-0.25, -0.2) is 4.79 Å². The lowest BCUT2D eigenvalue weighted by molar-refractivity contribution is -0.384. The third-order valence-corrected chi connectivity index (χ3v) is 4.72. The van der Waals surface area contributed by atoms with Crippen molar-refractivity contribution >= 4 is 23.5 Å². The number of urea groups is 1. The molecule has 2 N–H and O–H groups in total. The lowest BCUT2D eigenvalue weighted by Gasteiger charge is -2.13. The van der Waals surface area contributed by atoms with Crippen molar-refractivity contribution in [3.8, 4) is 0 Å². The van der Waals surface area contributed by atoms with E-state index in [9.17, 15) is 14.9 Å². The van der Waals surface area contributed by atoms with Gasteiger partial charge in [-0.2, -0.15) is 11.8 Å². The Morgan fingerprint density at radius 3 is 2.95 bits per heavy atom. The third-order valence-electron chi connectivity index (χ3n) is 3.63. The van der Waals surface area contributed by atoms with Crippen LogP contribution in [0.25, 0.3) is 0 Å². The highest BCUT2D eigenvalue weighted by atomic mass is 32.2. The summed E-state index contributed by atoms with van der Waals surface area (Å²) >= 11 is 1.84. The van der Waals surface area contributed by atoms with E-state index in [1.165, 1.54) is 12.1 Å². The minimum Gasteiger partial charge on any atom is -0.335 e. The molecule has 0 radical (unpaired) electrons. The van der Waals surface area contributed by atoms with E-state index >= 15 is 0 Å². The molecule has 1 aliphatic carbocycles. The zero-order chi connectivity index (χ0) is 15.2. The smallest absolute Gasteiger partial charge is 0.315 e. The van der Waals surface area contributed by atoms with Crippen molar-refractivity contribution in [2.45, 2.75) is 37.1 Å². The largest absolute Gasteiger partial charge is 0.335 e. The number of hydrogen-bond donors (Lipinski definition) is 2. The van der Waals surface area contributed by atoms with Crippen LogP contribution in [-0.2, 0) is 6.54 Å². The summed E-state index contributed by atoms with van der Waals surface area (Å²) in [7, 11) is 0. The molecule has 0 saturated heterocycles. The van der Waals surface area contributed by atoms with E-state index in [1.807, 2.05) is 11.8 Å². The molecule has 2 amide bonds. The van der Waals surface area contributed by atoms with E-state index < -0.39 is 4.92 Å². The molecule has 1 aliphatic rings. The molecule has 0 unspecified atom stereocenters.